The lowest BCUT2D eigenvalue weighted by Crippen LogP contribution is -2.42. The highest BCUT2D eigenvalue weighted by atomic mass is 32.2. The first-order chi connectivity index (χ1) is 16.5. The number of carbonyl (C=O) groups excluding carboxylic acids is 2. The molecular formula is C26H27N3O3S2. The van der Waals surface area contributed by atoms with Crippen LogP contribution in [0.5, 0.6) is 5.75 Å². The van der Waals surface area contributed by atoms with Crippen LogP contribution in [0.3, 0.4) is 0 Å². The Morgan fingerprint density at radius 1 is 1.21 bits per heavy atom. The Balaban J connectivity index is 1.32. The molecule has 1 saturated heterocycles. The van der Waals surface area contributed by atoms with Crippen molar-refractivity contribution in [2.24, 2.45) is 0 Å². The molecule has 2 aliphatic heterocycles. The Hall–Kier alpha value is -2.84. The smallest absolute Gasteiger partial charge is 0.274 e. The molecule has 3 heterocycles. The van der Waals surface area contributed by atoms with Crippen molar-refractivity contribution in [1.82, 2.24) is 15.2 Å². The van der Waals surface area contributed by atoms with Crippen LogP contribution in [0.4, 0.5) is 0 Å². The Morgan fingerprint density at radius 2 is 2.06 bits per heavy atom. The zero-order chi connectivity index (χ0) is 23.7. The minimum Gasteiger partial charge on any atom is -0.493 e. The minimum absolute atomic E-state index is 0.0735. The molecule has 1 N–H and O–H groups in total. The quantitative estimate of drug-likeness (QED) is 0.558. The number of nitrogens with zero attached hydrogens (tertiary/aromatic N) is 2. The van der Waals surface area contributed by atoms with E-state index in [-0.39, 0.29) is 17.2 Å². The standard InChI is InChI=1S/C26H27N3O3S2/c1-16-6-3-7-18(14-16)24-23(28-17(2)34-24)26(31)29-11-13-33-22(29)15-27-25(30)20-8-4-10-21-19(20)9-5-12-32-21/h3-4,6-8,10,14,22H,5,9,11-13,15H2,1-2H3,(H,27,30). The van der Waals surface area contributed by atoms with Gasteiger partial charge in [0.25, 0.3) is 11.8 Å². The molecule has 1 atom stereocenters. The number of amides is 2. The molecule has 3 aromatic rings. The Morgan fingerprint density at radius 3 is 2.91 bits per heavy atom. The summed E-state index contributed by atoms with van der Waals surface area (Å²) in [5.74, 6) is 1.44. The van der Waals surface area contributed by atoms with Crippen molar-refractivity contribution >= 4 is 34.9 Å². The Bertz CT molecular complexity index is 1240. The zero-order valence-electron chi connectivity index (χ0n) is 19.3. The molecule has 0 saturated carbocycles. The highest BCUT2D eigenvalue weighted by Gasteiger charge is 2.33. The Labute approximate surface area is 207 Å². The first-order valence-corrected chi connectivity index (χ1v) is 13.4. The van der Waals surface area contributed by atoms with Crippen LogP contribution in [0.25, 0.3) is 10.4 Å². The number of hydrogen-bond acceptors (Lipinski definition) is 6. The lowest BCUT2D eigenvalue weighted by Gasteiger charge is -2.24. The molecule has 2 amide bonds. The summed E-state index contributed by atoms with van der Waals surface area (Å²) in [4.78, 5) is 33.9. The first kappa shape index (κ1) is 22.9. The lowest BCUT2D eigenvalue weighted by atomic mass is 9.99. The van der Waals surface area contributed by atoms with Crippen molar-refractivity contribution in [3.8, 4) is 16.2 Å². The lowest BCUT2D eigenvalue weighted by molar-refractivity contribution is 0.0747. The van der Waals surface area contributed by atoms with Crippen molar-refractivity contribution < 1.29 is 14.3 Å². The maximum absolute atomic E-state index is 13.6. The fourth-order valence-corrected chi connectivity index (χ4v) is 6.55. The van der Waals surface area contributed by atoms with E-state index >= 15 is 0 Å². The largest absolute Gasteiger partial charge is 0.493 e. The van der Waals surface area contributed by atoms with Gasteiger partial charge in [-0.05, 0) is 44.4 Å². The third kappa shape index (κ3) is 4.57. The van der Waals surface area contributed by atoms with Gasteiger partial charge >= 0.3 is 0 Å². The van der Waals surface area contributed by atoms with Crippen LogP contribution < -0.4 is 10.1 Å². The summed E-state index contributed by atoms with van der Waals surface area (Å²) in [5, 5.41) is 3.80. The number of carbonyl (C=O) groups is 2. The molecule has 2 aromatic carbocycles. The first-order valence-electron chi connectivity index (χ1n) is 11.5. The molecule has 5 rings (SSSR count). The number of hydrogen-bond donors (Lipinski definition) is 1. The average molecular weight is 494 g/mol. The van der Waals surface area contributed by atoms with Gasteiger partial charge in [-0.25, -0.2) is 4.98 Å². The summed E-state index contributed by atoms with van der Waals surface area (Å²) in [6, 6.07) is 13.8. The number of fused-ring (bicyclic) bond motifs is 1. The maximum atomic E-state index is 13.6. The summed E-state index contributed by atoms with van der Waals surface area (Å²) in [5.41, 5.74) is 4.30. The van der Waals surface area contributed by atoms with Crippen molar-refractivity contribution in [3.63, 3.8) is 0 Å². The van der Waals surface area contributed by atoms with E-state index in [1.807, 2.05) is 55.1 Å². The summed E-state index contributed by atoms with van der Waals surface area (Å²) in [7, 11) is 0. The topological polar surface area (TPSA) is 71.5 Å². The second kappa shape index (κ2) is 9.80. The van der Waals surface area contributed by atoms with Crippen molar-refractivity contribution in [2.75, 3.05) is 25.4 Å². The predicted octanol–water partition coefficient (Wildman–Crippen LogP) is 4.70. The van der Waals surface area contributed by atoms with Crippen LogP contribution in [-0.2, 0) is 6.42 Å². The van der Waals surface area contributed by atoms with Crippen LogP contribution in [0.2, 0.25) is 0 Å². The van der Waals surface area contributed by atoms with Crippen molar-refractivity contribution in [3.05, 3.63) is 69.9 Å². The number of ether oxygens (including phenoxy) is 1. The van der Waals surface area contributed by atoms with Crippen molar-refractivity contribution in [2.45, 2.75) is 32.1 Å². The predicted molar refractivity (Wildman–Crippen MR) is 137 cm³/mol. The molecule has 2 aliphatic rings. The molecule has 0 spiro atoms. The number of aryl methyl sites for hydroxylation is 2. The van der Waals surface area contributed by atoms with Gasteiger partial charge in [-0.1, -0.05) is 35.9 Å². The summed E-state index contributed by atoms with van der Waals surface area (Å²) in [6.45, 7) is 5.70. The van der Waals surface area contributed by atoms with E-state index in [0.29, 0.717) is 31.0 Å². The van der Waals surface area contributed by atoms with Crippen LogP contribution in [-0.4, -0.2) is 52.5 Å². The van der Waals surface area contributed by atoms with E-state index in [1.54, 1.807) is 23.1 Å². The SMILES string of the molecule is Cc1cccc(-c2sc(C)nc2C(=O)N2CCSC2CNC(=O)c2cccc3c2CCCO3)c1. The van der Waals surface area contributed by atoms with E-state index in [0.717, 1.165) is 50.9 Å². The molecular weight excluding hydrogens is 466 g/mol. The molecule has 6 nitrogen and oxygen atoms in total. The molecule has 176 valence electrons. The summed E-state index contributed by atoms with van der Waals surface area (Å²) >= 11 is 3.24. The average Bonchev–Trinajstić information content (AvgIpc) is 3.48. The normalized spacial score (nSPS) is 17.2. The fraction of sp³-hybridized carbons (Fsp3) is 0.346. The van der Waals surface area contributed by atoms with E-state index in [9.17, 15) is 9.59 Å². The number of nitrogens with one attached hydrogen (secondary N) is 1. The van der Waals surface area contributed by atoms with E-state index in [4.69, 9.17) is 4.74 Å². The number of thioether (sulfide) groups is 1. The van der Waals surface area contributed by atoms with Gasteiger partial charge in [-0.3, -0.25) is 9.59 Å². The fourth-order valence-electron chi connectivity index (χ4n) is 4.49. The molecule has 1 fully saturated rings. The molecule has 1 unspecified atom stereocenters. The summed E-state index contributed by atoms with van der Waals surface area (Å²) in [6.07, 6.45) is 1.75. The highest BCUT2D eigenvalue weighted by Crippen LogP contribution is 2.34. The third-order valence-electron chi connectivity index (χ3n) is 6.11. The van der Waals surface area contributed by atoms with Gasteiger partial charge in [-0.2, -0.15) is 0 Å². The highest BCUT2D eigenvalue weighted by molar-refractivity contribution is 8.00. The van der Waals surface area contributed by atoms with Gasteiger partial charge in [0.2, 0.25) is 0 Å². The minimum atomic E-state index is -0.125. The zero-order valence-corrected chi connectivity index (χ0v) is 20.9. The van der Waals surface area contributed by atoms with Gasteiger partial charge in [0.15, 0.2) is 0 Å². The number of aromatic nitrogens is 1. The number of rotatable bonds is 5. The number of benzene rings is 2. The number of thiazole rings is 1. The monoisotopic (exact) mass is 493 g/mol. The van der Waals surface area contributed by atoms with Gasteiger partial charge in [0.05, 0.1) is 21.9 Å². The van der Waals surface area contributed by atoms with Gasteiger partial charge in [0.1, 0.15) is 11.4 Å². The van der Waals surface area contributed by atoms with Gasteiger partial charge in [0, 0.05) is 30.0 Å². The van der Waals surface area contributed by atoms with E-state index in [1.165, 1.54) is 0 Å². The van der Waals surface area contributed by atoms with Crippen LogP contribution in [0.15, 0.2) is 42.5 Å². The van der Waals surface area contributed by atoms with E-state index in [2.05, 4.69) is 16.4 Å². The van der Waals surface area contributed by atoms with Crippen molar-refractivity contribution in [1.29, 1.82) is 0 Å². The van der Waals surface area contributed by atoms with Gasteiger partial charge in [-0.15, -0.1) is 23.1 Å². The summed E-state index contributed by atoms with van der Waals surface area (Å²) < 4.78 is 5.70. The molecule has 8 heteroatoms. The van der Waals surface area contributed by atoms with Crippen LogP contribution >= 0.6 is 23.1 Å². The molecule has 0 radical (unpaired) electrons. The second-order valence-corrected chi connectivity index (χ2v) is 11.0. The van der Waals surface area contributed by atoms with Gasteiger partial charge < -0.3 is 15.0 Å². The second-order valence-electron chi connectivity index (χ2n) is 8.55. The van der Waals surface area contributed by atoms with E-state index < -0.39 is 0 Å². The van der Waals surface area contributed by atoms with Crippen LogP contribution in [0, 0.1) is 13.8 Å². The Kier molecular flexibility index (Phi) is 6.61. The molecule has 0 aliphatic carbocycles. The molecule has 0 bridgehead atoms. The molecule has 1 aromatic heterocycles. The maximum Gasteiger partial charge on any atom is 0.274 e. The third-order valence-corrected chi connectivity index (χ3v) is 8.36. The molecule has 34 heavy (non-hydrogen) atoms. The van der Waals surface area contributed by atoms with Crippen LogP contribution in [0.1, 0.15) is 43.4 Å².